The third-order valence-corrected chi connectivity index (χ3v) is 4.64. The fourth-order valence-corrected chi connectivity index (χ4v) is 3.02. The maximum absolute atomic E-state index is 13.0. The molecule has 10 nitrogen and oxygen atoms in total. The Labute approximate surface area is 195 Å². The Morgan fingerprint density at radius 3 is 2.35 bits per heavy atom. The van der Waals surface area contributed by atoms with Gasteiger partial charge in [-0.25, -0.2) is 14.1 Å². The molecular formula is C23H25FN6O4. The van der Waals surface area contributed by atoms with Crippen LogP contribution in [0, 0.1) is 5.82 Å². The molecule has 0 saturated heterocycles. The van der Waals surface area contributed by atoms with Gasteiger partial charge in [0.15, 0.2) is 0 Å². The number of hydrogen-bond acceptors (Lipinski definition) is 6. The van der Waals surface area contributed by atoms with Crippen LogP contribution in [0.1, 0.15) is 19.8 Å². The van der Waals surface area contributed by atoms with E-state index in [-0.39, 0.29) is 18.3 Å². The van der Waals surface area contributed by atoms with E-state index in [1.165, 1.54) is 48.5 Å². The summed E-state index contributed by atoms with van der Waals surface area (Å²) in [6.45, 7) is 1.71. The van der Waals surface area contributed by atoms with Crippen LogP contribution < -0.4 is 20.7 Å². The van der Waals surface area contributed by atoms with Crippen LogP contribution in [0.3, 0.4) is 0 Å². The van der Waals surface area contributed by atoms with Gasteiger partial charge in [-0.2, -0.15) is 5.10 Å². The number of benzene rings is 2. The van der Waals surface area contributed by atoms with E-state index in [9.17, 15) is 18.8 Å². The lowest BCUT2D eigenvalue weighted by Crippen LogP contribution is -2.45. The summed E-state index contributed by atoms with van der Waals surface area (Å²) in [5.41, 5.74) is 0.508. The molecular weight excluding hydrogens is 443 g/mol. The Balaban J connectivity index is 1.58. The Hall–Kier alpha value is -4.28. The Morgan fingerprint density at radius 2 is 1.74 bits per heavy atom. The third-order valence-electron chi connectivity index (χ3n) is 4.64. The minimum absolute atomic E-state index is 0.0785. The van der Waals surface area contributed by atoms with Crippen molar-refractivity contribution >= 4 is 23.4 Å². The quantitative estimate of drug-likeness (QED) is 0.371. The monoisotopic (exact) mass is 468 g/mol. The zero-order valence-corrected chi connectivity index (χ0v) is 18.5. The fraction of sp³-hybridized carbons (Fsp3) is 0.261. The molecule has 3 N–H and O–H groups in total. The van der Waals surface area contributed by atoms with Crippen LogP contribution in [0.25, 0.3) is 0 Å². The summed E-state index contributed by atoms with van der Waals surface area (Å²) in [4.78, 5) is 40.1. The molecule has 3 aromatic rings. The fourth-order valence-electron chi connectivity index (χ4n) is 3.02. The Kier molecular flexibility index (Phi) is 8.67. The van der Waals surface area contributed by atoms with Crippen molar-refractivity contribution in [3.8, 4) is 11.5 Å². The summed E-state index contributed by atoms with van der Waals surface area (Å²) in [5, 5.41) is 12.0. The first-order valence-corrected chi connectivity index (χ1v) is 10.6. The van der Waals surface area contributed by atoms with E-state index in [2.05, 4.69) is 26.0 Å². The van der Waals surface area contributed by atoms with Crippen molar-refractivity contribution in [2.24, 2.45) is 0 Å². The van der Waals surface area contributed by atoms with Crippen LogP contribution in [0.2, 0.25) is 0 Å². The van der Waals surface area contributed by atoms with Crippen LogP contribution in [0.15, 0.2) is 61.2 Å². The van der Waals surface area contributed by atoms with Gasteiger partial charge in [0.05, 0.1) is 0 Å². The highest BCUT2D eigenvalue weighted by Gasteiger charge is 2.21. The summed E-state index contributed by atoms with van der Waals surface area (Å²) < 4.78 is 20.0. The van der Waals surface area contributed by atoms with Gasteiger partial charge in [-0.3, -0.25) is 14.4 Å². The standard InChI is InChI=1S/C23H25FN6O4/c1-16(31)26-12-2-3-21(29-22(32)13-30-15-25-14-27-30)23(33)28-18-6-10-20(11-7-18)34-19-8-4-17(24)5-9-19/h4-11,14-15,21H,2-3,12-13H2,1H3,(H,26,31)(H,28,33)(H,29,32)/t21-/m0/s1. The minimum Gasteiger partial charge on any atom is -0.457 e. The SMILES string of the molecule is CC(=O)NCCC[C@H](NC(=O)Cn1cncn1)C(=O)Nc1ccc(Oc2ccc(F)cc2)cc1. The number of aromatic nitrogens is 3. The molecule has 0 aliphatic rings. The van der Waals surface area contributed by atoms with Gasteiger partial charge >= 0.3 is 0 Å². The largest absolute Gasteiger partial charge is 0.457 e. The summed E-state index contributed by atoms with van der Waals surface area (Å²) in [6, 6.07) is 11.4. The summed E-state index contributed by atoms with van der Waals surface area (Å²) in [7, 11) is 0. The molecule has 3 amide bonds. The lowest BCUT2D eigenvalue weighted by atomic mass is 10.1. The van der Waals surface area contributed by atoms with E-state index < -0.39 is 17.9 Å². The number of carbonyl (C=O) groups excluding carboxylic acids is 3. The molecule has 0 fully saturated rings. The second-order valence-electron chi connectivity index (χ2n) is 7.41. The van der Waals surface area contributed by atoms with E-state index in [4.69, 9.17) is 4.74 Å². The van der Waals surface area contributed by atoms with Crippen molar-refractivity contribution in [2.75, 3.05) is 11.9 Å². The van der Waals surface area contributed by atoms with Gasteiger partial charge < -0.3 is 20.7 Å². The second kappa shape index (κ2) is 12.1. The normalized spacial score (nSPS) is 11.4. The van der Waals surface area contributed by atoms with Crippen LogP contribution >= 0.6 is 0 Å². The first kappa shape index (κ1) is 24.4. The number of amides is 3. The van der Waals surface area contributed by atoms with Crippen molar-refractivity contribution in [1.82, 2.24) is 25.4 Å². The van der Waals surface area contributed by atoms with E-state index in [1.807, 2.05) is 0 Å². The lowest BCUT2D eigenvalue weighted by Gasteiger charge is -2.19. The number of nitrogens with one attached hydrogen (secondary N) is 3. The van der Waals surface area contributed by atoms with Gasteiger partial charge in [-0.1, -0.05) is 0 Å². The predicted octanol–water partition coefficient (Wildman–Crippen LogP) is 2.25. The van der Waals surface area contributed by atoms with Crippen LogP contribution in [0.4, 0.5) is 10.1 Å². The number of ether oxygens (including phenoxy) is 1. The molecule has 0 unspecified atom stereocenters. The van der Waals surface area contributed by atoms with E-state index in [0.717, 1.165) is 0 Å². The van der Waals surface area contributed by atoms with E-state index in [0.29, 0.717) is 36.6 Å². The average Bonchev–Trinajstić information content (AvgIpc) is 3.31. The Bertz CT molecular complexity index is 1090. The number of anilines is 1. The molecule has 1 heterocycles. The molecule has 0 saturated carbocycles. The van der Waals surface area contributed by atoms with Crippen LogP contribution in [-0.2, 0) is 20.9 Å². The molecule has 34 heavy (non-hydrogen) atoms. The highest BCUT2D eigenvalue weighted by molar-refractivity contribution is 5.97. The second-order valence-corrected chi connectivity index (χ2v) is 7.41. The zero-order valence-electron chi connectivity index (χ0n) is 18.5. The number of halogens is 1. The van der Waals surface area contributed by atoms with E-state index in [1.54, 1.807) is 24.3 Å². The smallest absolute Gasteiger partial charge is 0.246 e. The molecule has 0 bridgehead atoms. The van der Waals surface area contributed by atoms with Gasteiger partial charge in [0, 0.05) is 19.2 Å². The van der Waals surface area contributed by atoms with Crippen molar-refractivity contribution in [3.63, 3.8) is 0 Å². The van der Waals surface area contributed by atoms with Gasteiger partial charge in [0.2, 0.25) is 17.7 Å². The first-order valence-electron chi connectivity index (χ1n) is 10.6. The number of nitrogens with zero attached hydrogens (tertiary/aromatic N) is 3. The van der Waals surface area contributed by atoms with Crippen molar-refractivity contribution in [2.45, 2.75) is 32.4 Å². The molecule has 178 valence electrons. The van der Waals surface area contributed by atoms with Gasteiger partial charge in [-0.15, -0.1) is 0 Å². The third kappa shape index (κ3) is 8.01. The molecule has 0 aliphatic heterocycles. The van der Waals surface area contributed by atoms with Crippen LogP contribution in [-0.4, -0.2) is 45.1 Å². The molecule has 0 spiro atoms. The topological polar surface area (TPSA) is 127 Å². The van der Waals surface area contributed by atoms with E-state index >= 15 is 0 Å². The number of carbonyl (C=O) groups is 3. The first-order chi connectivity index (χ1) is 16.4. The predicted molar refractivity (Wildman–Crippen MR) is 121 cm³/mol. The Morgan fingerprint density at radius 1 is 1.06 bits per heavy atom. The molecule has 1 aromatic heterocycles. The molecule has 1 atom stereocenters. The zero-order chi connectivity index (χ0) is 24.3. The van der Waals surface area contributed by atoms with Gasteiger partial charge in [0.1, 0.15) is 42.6 Å². The average molecular weight is 468 g/mol. The lowest BCUT2D eigenvalue weighted by molar-refractivity contribution is -0.127. The minimum atomic E-state index is -0.820. The molecule has 3 rings (SSSR count). The van der Waals surface area contributed by atoms with Crippen molar-refractivity contribution < 1.29 is 23.5 Å². The number of rotatable bonds is 11. The molecule has 11 heteroatoms. The molecule has 2 aromatic carbocycles. The van der Waals surface area contributed by atoms with Crippen LogP contribution in [0.5, 0.6) is 11.5 Å². The summed E-state index contributed by atoms with van der Waals surface area (Å²) >= 11 is 0. The summed E-state index contributed by atoms with van der Waals surface area (Å²) in [5.74, 6) is -0.329. The van der Waals surface area contributed by atoms with Crippen molar-refractivity contribution in [3.05, 3.63) is 67.0 Å². The maximum atomic E-state index is 13.0. The maximum Gasteiger partial charge on any atom is 0.246 e. The van der Waals surface area contributed by atoms with Crippen molar-refractivity contribution in [1.29, 1.82) is 0 Å². The molecule has 0 aliphatic carbocycles. The van der Waals surface area contributed by atoms with Gasteiger partial charge in [-0.05, 0) is 61.4 Å². The number of hydrogen-bond donors (Lipinski definition) is 3. The van der Waals surface area contributed by atoms with Gasteiger partial charge in [0.25, 0.3) is 0 Å². The highest BCUT2D eigenvalue weighted by atomic mass is 19.1. The highest BCUT2D eigenvalue weighted by Crippen LogP contribution is 2.23. The summed E-state index contributed by atoms with van der Waals surface area (Å²) in [6.07, 6.45) is 3.53. The molecule has 0 radical (unpaired) electrons.